The zero-order valence-corrected chi connectivity index (χ0v) is 14.6. The molecule has 1 aromatic carbocycles. The van der Waals surface area contributed by atoms with Crippen LogP contribution in [0, 0.1) is 6.92 Å². The van der Waals surface area contributed by atoms with Crippen molar-refractivity contribution in [2.24, 2.45) is 0 Å². The van der Waals surface area contributed by atoms with Gasteiger partial charge in [0, 0.05) is 37.6 Å². The summed E-state index contributed by atoms with van der Waals surface area (Å²) in [5.74, 6) is 0.977. The molecule has 0 bridgehead atoms. The molecule has 1 N–H and O–H groups in total. The Hall–Kier alpha value is -2.89. The molecule has 0 aliphatic carbocycles. The van der Waals surface area contributed by atoms with Crippen LogP contribution in [0.25, 0.3) is 5.69 Å². The number of benzene rings is 1. The number of carbonyl (C=O) groups excluding carboxylic acids is 1. The maximum absolute atomic E-state index is 12.1. The molecular formula is C19H23N5O. The van der Waals surface area contributed by atoms with E-state index in [9.17, 15) is 4.79 Å². The number of aromatic nitrogens is 4. The van der Waals surface area contributed by atoms with Crippen molar-refractivity contribution in [1.29, 1.82) is 0 Å². The molecule has 25 heavy (non-hydrogen) atoms. The maximum Gasteiger partial charge on any atom is 0.222 e. The van der Waals surface area contributed by atoms with E-state index >= 15 is 0 Å². The molecule has 0 radical (unpaired) electrons. The molecule has 0 unspecified atom stereocenters. The third-order valence-electron chi connectivity index (χ3n) is 4.21. The van der Waals surface area contributed by atoms with Gasteiger partial charge in [-0.3, -0.25) is 4.79 Å². The predicted octanol–water partition coefficient (Wildman–Crippen LogP) is 2.69. The first-order chi connectivity index (χ1) is 12.1. The van der Waals surface area contributed by atoms with Crippen LogP contribution in [0.1, 0.15) is 30.8 Å². The third kappa shape index (κ3) is 4.35. The van der Waals surface area contributed by atoms with Crippen LogP contribution in [0.2, 0.25) is 0 Å². The van der Waals surface area contributed by atoms with E-state index in [1.165, 1.54) is 0 Å². The average molecular weight is 337 g/mol. The Kier molecular flexibility index (Phi) is 5.28. The Balaban J connectivity index is 1.46. The highest BCUT2D eigenvalue weighted by molar-refractivity contribution is 5.76. The molecule has 3 aromatic rings. The van der Waals surface area contributed by atoms with Gasteiger partial charge in [-0.05, 0) is 38.0 Å². The monoisotopic (exact) mass is 337 g/mol. The van der Waals surface area contributed by atoms with Crippen molar-refractivity contribution in [3.05, 3.63) is 66.5 Å². The van der Waals surface area contributed by atoms with Crippen LogP contribution in [0.5, 0.6) is 0 Å². The molecule has 0 fully saturated rings. The normalized spacial score (nSPS) is 12.1. The van der Waals surface area contributed by atoms with E-state index in [1.807, 2.05) is 72.0 Å². The Morgan fingerprint density at radius 2 is 2.08 bits per heavy atom. The van der Waals surface area contributed by atoms with E-state index in [0.29, 0.717) is 13.0 Å². The first kappa shape index (κ1) is 17.0. The minimum Gasteiger partial charge on any atom is -0.356 e. The van der Waals surface area contributed by atoms with E-state index in [1.54, 1.807) is 6.20 Å². The van der Waals surface area contributed by atoms with E-state index in [-0.39, 0.29) is 11.9 Å². The van der Waals surface area contributed by atoms with Crippen LogP contribution in [-0.4, -0.2) is 31.8 Å². The molecule has 6 nitrogen and oxygen atoms in total. The fourth-order valence-corrected chi connectivity index (χ4v) is 2.85. The fourth-order valence-electron chi connectivity index (χ4n) is 2.85. The van der Waals surface area contributed by atoms with E-state index in [4.69, 9.17) is 0 Å². The smallest absolute Gasteiger partial charge is 0.222 e. The van der Waals surface area contributed by atoms with Gasteiger partial charge in [0.25, 0.3) is 0 Å². The lowest BCUT2D eigenvalue weighted by atomic mass is 10.2. The highest BCUT2D eigenvalue weighted by Crippen LogP contribution is 2.12. The van der Waals surface area contributed by atoms with Gasteiger partial charge in [0.2, 0.25) is 5.91 Å². The molecule has 0 aliphatic rings. The fraction of sp³-hybridized carbons (Fsp3) is 0.316. The third-order valence-corrected chi connectivity index (χ3v) is 4.21. The van der Waals surface area contributed by atoms with Crippen molar-refractivity contribution in [3.8, 4) is 5.69 Å². The Labute approximate surface area is 147 Å². The number of hydrogen-bond acceptors (Lipinski definition) is 3. The Morgan fingerprint density at radius 1 is 1.28 bits per heavy atom. The zero-order chi connectivity index (χ0) is 17.6. The number of nitrogens with one attached hydrogen (secondary N) is 1. The molecule has 6 heteroatoms. The van der Waals surface area contributed by atoms with Crippen LogP contribution in [0.15, 0.2) is 55.1 Å². The summed E-state index contributed by atoms with van der Waals surface area (Å²) in [6.07, 6.45) is 8.71. The zero-order valence-electron chi connectivity index (χ0n) is 14.6. The summed E-state index contributed by atoms with van der Waals surface area (Å²) in [6, 6.07) is 10.1. The molecule has 0 saturated carbocycles. The lowest BCUT2D eigenvalue weighted by Gasteiger charge is -2.14. The van der Waals surface area contributed by atoms with Gasteiger partial charge < -0.3 is 9.88 Å². The number of rotatable bonds is 7. The van der Waals surface area contributed by atoms with Gasteiger partial charge in [-0.15, -0.1) is 0 Å². The molecule has 1 amide bonds. The van der Waals surface area contributed by atoms with Crippen LogP contribution in [-0.2, 0) is 11.2 Å². The molecule has 1 atom stereocenters. The van der Waals surface area contributed by atoms with Crippen molar-refractivity contribution in [3.63, 3.8) is 0 Å². The van der Waals surface area contributed by atoms with Crippen LogP contribution >= 0.6 is 0 Å². The Bertz CT molecular complexity index is 821. The summed E-state index contributed by atoms with van der Waals surface area (Å²) in [6.45, 7) is 4.58. The van der Waals surface area contributed by atoms with E-state index < -0.39 is 0 Å². The van der Waals surface area contributed by atoms with Crippen LogP contribution < -0.4 is 5.32 Å². The van der Waals surface area contributed by atoms with E-state index in [2.05, 4.69) is 15.4 Å². The molecule has 0 spiro atoms. The quantitative estimate of drug-likeness (QED) is 0.721. The lowest BCUT2D eigenvalue weighted by molar-refractivity contribution is -0.121. The van der Waals surface area contributed by atoms with Gasteiger partial charge in [0.15, 0.2) is 0 Å². The predicted molar refractivity (Wildman–Crippen MR) is 96.6 cm³/mol. The second-order valence-corrected chi connectivity index (χ2v) is 6.16. The molecular weight excluding hydrogens is 314 g/mol. The SMILES string of the molecule is Cc1nccn1[C@H](C)CC(=O)NCCc1cnn(-c2ccccc2)c1. The van der Waals surface area contributed by atoms with Gasteiger partial charge >= 0.3 is 0 Å². The number of imidazole rings is 1. The number of para-hydroxylation sites is 1. The highest BCUT2D eigenvalue weighted by atomic mass is 16.1. The van der Waals surface area contributed by atoms with Gasteiger partial charge in [-0.1, -0.05) is 18.2 Å². The van der Waals surface area contributed by atoms with Crippen LogP contribution in [0.4, 0.5) is 0 Å². The Morgan fingerprint density at radius 3 is 2.80 bits per heavy atom. The van der Waals surface area contributed by atoms with Gasteiger partial charge in [0.1, 0.15) is 5.82 Å². The maximum atomic E-state index is 12.1. The standard InChI is InChI=1S/C19H23N5O/c1-15(23-11-10-20-16(23)2)12-19(25)21-9-8-17-13-22-24(14-17)18-6-4-3-5-7-18/h3-7,10-11,13-15H,8-9,12H2,1-2H3,(H,21,25)/t15-/m1/s1. The van der Waals surface area contributed by atoms with Crippen molar-refractivity contribution < 1.29 is 4.79 Å². The molecule has 0 saturated heterocycles. The lowest BCUT2D eigenvalue weighted by Crippen LogP contribution is -2.27. The van der Waals surface area contributed by atoms with Crippen LogP contribution in [0.3, 0.4) is 0 Å². The molecule has 2 aromatic heterocycles. The number of hydrogen-bond donors (Lipinski definition) is 1. The minimum absolute atomic E-state index is 0.0519. The summed E-state index contributed by atoms with van der Waals surface area (Å²) in [4.78, 5) is 16.3. The summed E-state index contributed by atoms with van der Waals surface area (Å²) in [5.41, 5.74) is 2.13. The number of aryl methyl sites for hydroxylation is 1. The number of carbonyl (C=O) groups is 1. The van der Waals surface area contributed by atoms with Gasteiger partial charge in [-0.2, -0.15) is 5.10 Å². The molecule has 2 heterocycles. The number of amides is 1. The second kappa shape index (κ2) is 7.79. The first-order valence-electron chi connectivity index (χ1n) is 8.48. The highest BCUT2D eigenvalue weighted by Gasteiger charge is 2.12. The average Bonchev–Trinajstić information content (AvgIpc) is 3.24. The first-order valence-corrected chi connectivity index (χ1v) is 8.48. The van der Waals surface area contributed by atoms with Crippen molar-refractivity contribution in [2.75, 3.05) is 6.54 Å². The summed E-state index contributed by atoms with van der Waals surface area (Å²) in [7, 11) is 0. The molecule has 0 aliphatic heterocycles. The van der Waals surface area contributed by atoms with E-state index in [0.717, 1.165) is 23.5 Å². The van der Waals surface area contributed by atoms with Gasteiger partial charge in [-0.25, -0.2) is 9.67 Å². The largest absolute Gasteiger partial charge is 0.356 e. The number of nitrogens with zero attached hydrogens (tertiary/aromatic N) is 4. The topological polar surface area (TPSA) is 64.7 Å². The van der Waals surface area contributed by atoms with Crippen molar-refractivity contribution >= 4 is 5.91 Å². The minimum atomic E-state index is 0.0519. The van der Waals surface area contributed by atoms with Crippen molar-refractivity contribution in [1.82, 2.24) is 24.6 Å². The summed E-state index contributed by atoms with van der Waals surface area (Å²) < 4.78 is 3.87. The summed E-state index contributed by atoms with van der Waals surface area (Å²) >= 11 is 0. The molecule has 3 rings (SSSR count). The second-order valence-electron chi connectivity index (χ2n) is 6.16. The van der Waals surface area contributed by atoms with Gasteiger partial charge in [0.05, 0.1) is 11.9 Å². The summed E-state index contributed by atoms with van der Waals surface area (Å²) in [5, 5.41) is 7.35. The van der Waals surface area contributed by atoms with Crippen molar-refractivity contribution in [2.45, 2.75) is 32.7 Å². The molecule has 130 valence electrons.